The number of halogens is 1. The van der Waals surface area contributed by atoms with Crippen molar-refractivity contribution in [3.05, 3.63) is 104 Å². The molecule has 0 N–H and O–H groups in total. The summed E-state index contributed by atoms with van der Waals surface area (Å²) in [5.74, 6) is -2.10. The van der Waals surface area contributed by atoms with Gasteiger partial charge in [-0.3, -0.25) is 14.9 Å². The maximum atomic E-state index is 13.9. The van der Waals surface area contributed by atoms with E-state index >= 15 is 0 Å². The number of ketones is 1. The zero-order chi connectivity index (χ0) is 23.3. The normalized spacial score (nSPS) is 10.3. The molecule has 3 aromatic carbocycles. The first-order valence-electron chi connectivity index (χ1n) is 9.17. The average molecular weight is 450 g/mol. The molecule has 0 amide bonds. The first kappa shape index (κ1) is 22.7. The molecule has 3 aromatic rings. The number of carbonyl (C=O) groups is 2. The summed E-state index contributed by atoms with van der Waals surface area (Å²) in [6, 6.07) is 15.5. The fourth-order valence-electron chi connectivity index (χ4n) is 2.96. The van der Waals surface area contributed by atoms with Crippen LogP contribution in [0, 0.1) is 27.3 Å². The molecule has 0 spiro atoms. The van der Waals surface area contributed by atoms with Gasteiger partial charge in [0.1, 0.15) is 12.4 Å². The lowest BCUT2D eigenvalue weighted by atomic mass is 9.98. The number of esters is 1. The first-order chi connectivity index (χ1) is 15.3. The van der Waals surface area contributed by atoms with Crippen LogP contribution in [0.25, 0.3) is 0 Å². The predicted octanol–water partition coefficient (Wildman–Crippen LogP) is 4.92. The molecule has 0 saturated heterocycles. The zero-order valence-electron chi connectivity index (χ0n) is 16.7. The maximum absolute atomic E-state index is 13.9. The molecule has 0 unspecified atom stereocenters. The van der Waals surface area contributed by atoms with Crippen molar-refractivity contribution >= 4 is 29.2 Å². The van der Waals surface area contributed by atoms with E-state index in [2.05, 4.69) is 0 Å². The number of nitro groups is 1. The van der Waals surface area contributed by atoms with Gasteiger partial charge in [-0.1, -0.05) is 18.2 Å². The molecular formula is C23H15FN2O5S. The van der Waals surface area contributed by atoms with Crippen LogP contribution in [0.1, 0.15) is 37.4 Å². The fraction of sp³-hybridized carbons (Fsp3) is 0.0870. The molecule has 160 valence electrons. The van der Waals surface area contributed by atoms with Crippen LogP contribution in [0.15, 0.2) is 65.6 Å². The van der Waals surface area contributed by atoms with E-state index < -0.39 is 29.1 Å². The van der Waals surface area contributed by atoms with E-state index in [-0.39, 0.29) is 33.5 Å². The highest BCUT2D eigenvalue weighted by atomic mass is 32.2. The average Bonchev–Trinajstić information content (AvgIpc) is 2.82. The molecule has 3 rings (SSSR count). The van der Waals surface area contributed by atoms with Crippen molar-refractivity contribution in [1.82, 2.24) is 0 Å². The highest BCUT2D eigenvalue weighted by molar-refractivity contribution is 7.98. The number of benzene rings is 3. The molecule has 0 aliphatic rings. The molecule has 0 bridgehead atoms. The van der Waals surface area contributed by atoms with E-state index in [0.29, 0.717) is 4.90 Å². The van der Waals surface area contributed by atoms with Gasteiger partial charge in [-0.2, -0.15) is 5.26 Å². The van der Waals surface area contributed by atoms with Gasteiger partial charge in [-0.15, -0.1) is 11.8 Å². The van der Waals surface area contributed by atoms with Gasteiger partial charge in [0.05, 0.1) is 27.0 Å². The van der Waals surface area contributed by atoms with Gasteiger partial charge < -0.3 is 4.74 Å². The summed E-state index contributed by atoms with van der Waals surface area (Å²) in [7, 11) is 0. The second kappa shape index (κ2) is 9.85. The summed E-state index contributed by atoms with van der Waals surface area (Å²) >= 11 is 1.18. The summed E-state index contributed by atoms with van der Waals surface area (Å²) in [5, 5.41) is 20.3. The van der Waals surface area contributed by atoms with Crippen LogP contribution in [-0.4, -0.2) is 22.9 Å². The van der Waals surface area contributed by atoms with Crippen molar-refractivity contribution < 1.29 is 23.6 Å². The van der Waals surface area contributed by atoms with E-state index in [1.54, 1.807) is 12.3 Å². The van der Waals surface area contributed by atoms with E-state index in [0.717, 1.165) is 6.07 Å². The Hall–Kier alpha value is -4.03. The van der Waals surface area contributed by atoms with Crippen molar-refractivity contribution in [2.75, 3.05) is 6.26 Å². The molecule has 0 fully saturated rings. The number of hydrogen-bond acceptors (Lipinski definition) is 7. The zero-order valence-corrected chi connectivity index (χ0v) is 17.5. The summed E-state index contributed by atoms with van der Waals surface area (Å²) in [6.45, 7) is -0.434. The van der Waals surface area contributed by atoms with Crippen LogP contribution in [-0.2, 0) is 11.3 Å². The Kier molecular flexibility index (Phi) is 6.97. The Morgan fingerprint density at radius 1 is 1.12 bits per heavy atom. The molecule has 0 saturated carbocycles. The number of ether oxygens (including phenoxy) is 1. The van der Waals surface area contributed by atoms with E-state index in [9.17, 15) is 24.1 Å². The number of rotatable bonds is 7. The lowest BCUT2D eigenvalue weighted by Crippen LogP contribution is -2.13. The van der Waals surface area contributed by atoms with Gasteiger partial charge in [0, 0.05) is 22.8 Å². The molecule has 9 heteroatoms. The smallest absolute Gasteiger partial charge is 0.339 e. The number of carbonyl (C=O) groups excluding carboxylic acids is 2. The molecule has 0 aromatic heterocycles. The summed E-state index contributed by atoms with van der Waals surface area (Å²) < 4.78 is 19.1. The van der Waals surface area contributed by atoms with Crippen LogP contribution in [0.4, 0.5) is 10.1 Å². The molecular weight excluding hydrogens is 435 g/mol. The van der Waals surface area contributed by atoms with Gasteiger partial charge in [-0.05, 0) is 42.7 Å². The number of nitro benzene ring substituents is 1. The van der Waals surface area contributed by atoms with E-state index in [1.165, 1.54) is 60.3 Å². The highest BCUT2D eigenvalue weighted by Crippen LogP contribution is 2.29. The number of nitrogens with zero attached hydrogens (tertiary/aromatic N) is 2. The van der Waals surface area contributed by atoms with Crippen molar-refractivity contribution in [1.29, 1.82) is 5.26 Å². The van der Waals surface area contributed by atoms with Gasteiger partial charge in [0.25, 0.3) is 5.69 Å². The highest BCUT2D eigenvalue weighted by Gasteiger charge is 2.22. The SMILES string of the molecule is CSc1ccc(C(=O)c2ccccc2C(=O)OCc2cc(C#N)ccc2F)cc1[N+](=O)[O-]. The van der Waals surface area contributed by atoms with E-state index in [4.69, 9.17) is 10.00 Å². The molecule has 0 aliphatic carbocycles. The number of hydrogen-bond donors (Lipinski definition) is 0. The van der Waals surface area contributed by atoms with Crippen LogP contribution >= 0.6 is 11.8 Å². The summed E-state index contributed by atoms with van der Waals surface area (Å²) in [6.07, 6.45) is 1.68. The third-order valence-electron chi connectivity index (χ3n) is 4.56. The van der Waals surface area contributed by atoms with Crippen LogP contribution in [0.5, 0.6) is 0 Å². The largest absolute Gasteiger partial charge is 0.457 e. The molecule has 0 radical (unpaired) electrons. The Morgan fingerprint density at radius 3 is 2.50 bits per heavy atom. The quantitative estimate of drug-likeness (QED) is 0.165. The van der Waals surface area contributed by atoms with Crippen LogP contribution in [0.3, 0.4) is 0 Å². The van der Waals surface area contributed by atoms with Gasteiger partial charge in [0.15, 0.2) is 5.78 Å². The Labute approximate surface area is 186 Å². The monoisotopic (exact) mass is 450 g/mol. The van der Waals surface area contributed by atoms with Crippen molar-refractivity contribution in [3.63, 3.8) is 0 Å². The van der Waals surface area contributed by atoms with Crippen LogP contribution in [0.2, 0.25) is 0 Å². The van der Waals surface area contributed by atoms with Crippen LogP contribution < -0.4 is 0 Å². The minimum atomic E-state index is -0.869. The number of thioether (sulfide) groups is 1. The topological polar surface area (TPSA) is 110 Å². The fourth-order valence-corrected chi connectivity index (χ4v) is 3.51. The summed E-state index contributed by atoms with van der Waals surface area (Å²) in [5.41, 5.74) is -0.00698. The van der Waals surface area contributed by atoms with E-state index in [1.807, 2.05) is 6.07 Å². The lowest BCUT2D eigenvalue weighted by molar-refractivity contribution is -0.387. The standard InChI is InChI=1S/C23H15FN2O5S/c1-32-21-9-7-15(11-20(21)26(29)30)22(27)17-4-2-3-5-18(17)23(28)31-13-16-10-14(12-25)6-8-19(16)24/h2-11H,13H2,1H3. The Balaban J connectivity index is 1.88. The second-order valence-electron chi connectivity index (χ2n) is 6.51. The van der Waals surface area contributed by atoms with Gasteiger partial charge >= 0.3 is 5.97 Å². The molecule has 0 atom stereocenters. The lowest BCUT2D eigenvalue weighted by Gasteiger charge is -2.10. The third-order valence-corrected chi connectivity index (χ3v) is 5.35. The van der Waals surface area contributed by atoms with Crippen molar-refractivity contribution in [2.45, 2.75) is 11.5 Å². The minimum Gasteiger partial charge on any atom is -0.457 e. The summed E-state index contributed by atoms with van der Waals surface area (Å²) in [4.78, 5) is 36.8. The Bertz CT molecular complexity index is 1270. The van der Waals surface area contributed by atoms with Gasteiger partial charge in [-0.25, -0.2) is 9.18 Å². The van der Waals surface area contributed by atoms with Crippen molar-refractivity contribution in [2.24, 2.45) is 0 Å². The number of nitriles is 1. The predicted molar refractivity (Wildman–Crippen MR) is 115 cm³/mol. The first-order valence-corrected chi connectivity index (χ1v) is 10.4. The second-order valence-corrected chi connectivity index (χ2v) is 7.36. The maximum Gasteiger partial charge on any atom is 0.339 e. The minimum absolute atomic E-state index is 0.00468. The van der Waals surface area contributed by atoms with Crippen molar-refractivity contribution in [3.8, 4) is 6.07 Å². The molecule has 32 heavy (non-hydrogen) atoms. The molecule has 7 nitrogen and oxygen atoms in total. The third kappa shape index (κ3) is 4.82. The molecule has 0 heterocycles. The van der Waals surface area contributed by atoms with Gasteiger partial charge in [0.2, 0.25) is 0 Å². The Morgan fingerprint density at radius 2 is 1.84 bits per heavy atom. The molecule has 0 aliphatic heterocycles.